The van der Waals surface area contributed by atoms with Crippen molar-refractivity contribution in [3.63, 3.8) is 0 Å². The monoisotopic (exact) mass is 214 g/mol. The molecular weight excluding hydrogens is 192 g/mol. The maximum Gasteiger partial charge on any atom is 0.223 e. The third-order valence-corrected chi connectivity index (χ3v) is 3.12. The highest BCUT2D eigenvalue weighted by molar-refractivity contribution is 5.79. The molecule has 0 radical (unpaired) electrons. The van der Waals surface area contributed by atoms with Gasteiger partial charge >= 0.3 is 0 Å². The number of carbonyl (C=O) groups is 1. The number of hydrogen-bond donors (Lipinski definition) is 2. The normalized spacial score (nSPS) is 25.5. The molecule has 0 aromatic rings. The van der Waals surface area contributed by atoms with Gasteiger partial charge in [-0.2, -0.15) is 0 Å². The Balaban J connectivity index is 2.21. The molecule has 3 N–H and O–H groups in total. The summed E-state index contributed by atoms with van der Waals surface area (Å²) in [5.41, 5.74) is 5.64. The number of amides is 1. The predicted molar refractivity (Wildman–Crippen MR) is 59.4 cm³/mol. The van der Waals surface area contributed by atoms with Crippen LogP contribution < -0.4 is 11.1 Å². The summed E-state index contributed by atoms with van der Waals surface area (Å²) in [5.74, 6) is 0.726. The fourth-order valence-electron chi connectivity index (χ4n) is 2.22. The zero-order valence-corrected chi connectivity index (χ0v) is 9.50. The number of nitrogens with one attached hydrogen (secondary N) is 1. The van der Waals surface area contributed by atoms with Gasteiger partial charge in [-0.3, -0.25) is 4.79 Å². The maximum atomic E-state index is 11.8. The number of ether oxygens (including phenoxy) is 1. The summed E-state index contributed by atoms with van der Waals surface area (Å²) in [6, 6.07) is 0. The van der Waals surface area contributed by atoms with E-state index in [1.165, 1.54) is 0 Å². The quantitative estimate of drug-likeness (QED) is 0.633. The van der Waals surface area contributed by atoms with Gasteiger partial charge in [0.2, 0.25) is 5.91 Å². The zero-order valence-electron chi connectivity index (χ0n) is 9.50. The average molecular weight is 214 g/mol. The molecule has 0 aromatic carbocycles. The molecule has 4 heteroatoms. The van der Waals surface area contributed by atoms with E-state index >= 15 is 0 Å². The smallest absolute Gasteiger partial charge is 0.223 e. The summed E-state index contributed by atoms with van der Waals surface area (Å²) in [5, 5.41) is 2.95. The van der Waals surface area contributed by atoms with Crippen molar-refractivity contribution in [3.05, 3.63) is 0 Å². The molecule has 0 bridgehead atoms. The van der Waals surface area contributed by atoms with Crippen LogP contribution in [0.15, 0.2) is 0 Å². The van der Waals surface area contributed by atoms with Gasteiger partial charge in [0.1, 0.15) is 0 Å². The van der Waals surface area contributed by atoms with Gasteiger partial charge in [0.05, 0.1) is 0 Å². The average Bonchev–Trinajstić information content (AvgIpc) is 2.72. The third kappa shape index (κ3) is 3.80. The van der Waals surface area contributed by atoms with Gasteiger partial charge in [-0.25, -0.2) is 0 Å². The fraction of sp³-hybridized carbons (Fsp3) is 0.909. The van der Waals surface area contributed by atoms with E-state index < -0.39 is 0 Å². The highest BCUT2D eigenvalue weighted by Crippen LogP contribution is 2.30. The molecule has 1 aliphatic carbocycles. The first-order valence-electron chi connectivity index (χ1n) is 5.76. The Hall–Kier alpha value is -0.610. The fourth-order valence-corrected chi connectivity index (χ4v) is 2.22. The minimum Gasteiger partial charge on any atom is -0.385 e. The molecule has 0 aliphatic heterocycles. The van der Waals surface area contributed by atoms with Crippen molar-refractivity contribution in [1.29, 1.82) is 0 Å². The Morgan fingerprint density at radius 3 is 3.00 bits per heavy atom. The van der Waals surface area contributed by atoms with Gasteiger partial charge in [0, 0.05) is 26.2 Å². The van der Waals surface area contributed by atoms with Crippen LogP contribution in [0.5, 0.6) is 0 Å². The molecule has 1 saturated carbocycles. The second-order valence-electron chi connectivity index (χ2n) is 4.17. The van der Waals surface area contributed by atoms with Crippen LogP contribution in [0.1, 0.15) is 25.7 Å². The third-order valence-electron chi connectivity index (χ3n) is 3.12. The van der Waals surface area contributed by atoms with Gasteiger partial charge in [-0.05, 0) is 31.7 Å². The van der Waals surface area contributed by atoms with Crippen LogP contribution in [0.4, 0.5) is 0 Å². The molecular formula is C11H22N2O2. The topological polar surface area (TPSA) is 64.3 Å². The predicted octanol–water partition coefficient (Wildman–Crippen LogP) is 0.514. The first-order valence-corrected chi connectivity index (χ1v) is 5.76. The Kier molecular flexibility index (Phi) is 5.65. The molecule has 0 aromatic heterocycles. The lowest BCUT2D eigenvalue weighted by atomic mass is 9.95. The molecule has 15 heavy (non-hydrogen) atoms. The molecule has 88 valence electrons. The van der Waals surface area contributed by atoms with Gasteiger partial charge in [-0.1, -0.05) is 6.42 Å². The van der Waals surface area contributed by atoms with Crippen molar-refractivity contribution in [2.75, 3.05) is 26.8 Å². The van der Waals surface area contributed by atoms with Crippen molar-refractivity contribution >= 4 is 5.91 Å². The largest absolute Gasteiger partial charge is 0.385 e. The standard InChI is InChI=1S/C11H22N2O2/c1-15-7-3-6-13-11(14)10-5-2-4-9(10)8-12/h9-10H,2-8,12H2,1H3,(H,13,14). The van der Waals surface area contributed by atoms with Crippen LogP contribution in [-0.4, -0.2) is 32.7 Å². The van der Waals surface area contributed by atoms with Crippen LogP contribution in [0.3, 0.4) is 0 Å². The lowest BCUT2D eigenvalue weighted by Crippen LogP contribution is -2.35. The Bertz CT molecular complexity index is 197. The molecule has 1 fully saturated rings. The summed E-state index contributed by atoms with van der Waals surface area (Å²) >= 11 is 0. The van der Waals surface area contributed by atoms with Gasteiger partial charge in [0.15, 0.2) is 0 Å². The van der Waals surface area contributed by atoms with E-state index in [-0.39, 0.29) is 11.8 Å². The van der Waals surface area contributed by atoms with Crippen LogP contribution in [0.2, 0.25) is 0 Å². The van der Waals surface area contributed by atoms with E-state index in [1.54, 1.807) is 7.11 Å². The molecule has 2 unspecified atom stereocenters. The SMILES string of the molecule is COCCCNC(=O)C1CCCC1CN. The summed E-state index contributed by atoms with van der Waals surface area (Å²) in [7, 11) is 1.67. The van der Waals surface area contributed by atoms with Gasteiger partial charge < -0.3 is 15.8 Å². The van der Waals surface area contributed by atoms with E-state index in [4.69, 9.17) is 10.5 Å². The lowest BCUT2D eigenvalue weighted by molar-refractivity contribution is -0.125. The van der Waals surface area contributed by atoms with Gasteiger partial charge in [-0.15, -0.1) is 0 Å². The molecule has 1 rings (SSSR count). The highest BCUT2D eigenvalue weighted by atomic mass is 16.5. The van der Waals surface area contributed by atoms with Crippen molar-refractivity contribution in [1.82, 2.24) is 5.32 Å². The van der Waals surface area contributed by atoms with Crippen LogP contribution in [-0.2, 0) is 9.53 Å². The summed E-state index contributed by atoms with van der Waals surface area (Å²) < 4.78 is 4.92. The van der Waals surface area contributed by atoms with Crippen molar-refractivity contribution in [2.24, 2.45) is 17.6 Å². The molecule has 0 saturated heterocycles. The minimum atomic E-state index is 0.151. The van der Waals surface area contributed by atoms with E-state index in [1.807, 2.05) is 0 Å². The van der Waals surface area contributed by atoms with Crippen molar-refractivity contribution in [3.8, 4) is 0 Å². The molecule has 0 spiro atoms. The van der Waals surface area contributed by atoms with Crippen LogP contribution >= 0.6 is 0 Å². The molecule has 1 aliphatic rings. The Morgan fingerprint density at radius 2 is 2.33 bits per heavy atom. The van der Waals surface area contributed by atoms with E-state index in [0.29, 0.717) is 25.6 Å². The molecule has 4 nitrogen and oxygen atoms in total. The number of rotatable bonds is 6. The van der Waals surface area contributed by atoms with Crippen LogP contribution in [0, 0.1) is 11.8 Å². The second-order valence-corrected chi connectivity index (χ2v) is 4.17. The molecule has 2 atom stereocenters. The number of methoxy groups -OCH3 is 1. The Labute approximate surface area is 91.5 Å². The summed E-state index contributed by atoms with van der Waals surface area (Å²) in [6.45, 7) is 2.04. The van der Waals surface area contributed by atoms with E-state index in [9.17, 15) is 4.79 Å². The first-order chi connectivity index (χ1) is 7.29. The first kappa shape index (κ1) is 12.5. The zero-order chi connectivity index (χ0) is 11.1. The Morgan fingerprint density at radius 1 is 1.53 bits per heavy atom. The van der Waals surface area contributed by atoms with E-state index in [0.717, 1.165) is 25.7 Å². The van der Waals surface area contributed by atoms with Crippen LogP contribution in [0.25, 0.3) is 0 Å². The minimum absolute atomic E-state index is 0.151. The summed E-state index contributed by atoms with van der Waals surface area (Å²) in [4.78, 5) is 11.8. The second kappa shape index (κ2) is 6.80. The highest BCUT2D eigenvalue weighted by Gasteiger charge is 2.31. The van der Waals surface area contributed by atoms with Gasteiger partial charge in [0.25, 0.3) is 0 Å². The number of hydrogen-bond acceptors (Lipinski definition) is 3. The number of carbonyl (C=O) groups excluding carboxylic acids is 1. The maximum absolute atomic E-state index is 11.8. The molecule has 1 amide bonds. The van der Waals surface area contributed by atoms with Crippen molar-refractivity contribution < 1.29 is 9.53 Å². The van der Waals surface area contributed by atoms with E-state index in [2.05, 4.69) is 5.32 Å². The molecule has 0 heterocycles. The summed E-state index contributed by atoms with van der Waals surface area (Å²) in [6.07, 6.45) is 4.12. The lowest BCUT2D eigenvalue weighted by Gasteiger charge is -2.17. The number of nitrogens with two attached hydrogens (primary N) is 1. The van der Waals surface area contributed by atoms with Crippen molar-refractivity contribution in [2.45, 2.75) is 25.7 Å².